The molecule has 3 heteroatoms. The second-order valence-electron chi connectivity index (χ2n) is 6.70. The van der Waals surface area contributed by atoms with Gasteiger partial charge in [-0.15, -0.1) is 0 Å². The Morgan fingerprint density at radius 2 is 1.72 bits per heavy atom. The fourth-order valence-corrected chi connectivity index (χ4v) is 3.40. The first-order chi connectivity index (χ1) is 12.2. The molecular weight excluding hydrogens is 329 g/mol. The van der Waals surface area contributed by atoms with Crippen LogP contribution in [0.1, 0.15) is 55.2 Å². The van der Waals surface area contributed by atoms with Crippen LogP contribution in [0.4, 0.5) is 10.1 Å². The van der Waals surface area contributed by atoms with Crippen molar-refractivity contribution in [1.29, 1.82) is 0 Å². The van der Waals surface area contributed by atoms with Crippen molar-refractivity contribution in [3.05, 3.63) is 65.0 Å². The summed E-state index contributed by atoms with van der Waals surface area (Å²) in [5.41, 5.74) is 3.09. The van der Waals surface area contributed by atoms with Crippen LogP contribution in [0.3, 0.4) is 0 Å². The molecule has 1 nitrogen and oxygen atoms in total. The van der Waals surface area contributed by atoms with E-state index in [1.165, 1.54) is 12.8 Å². The van der Waals surface area contributed by atoms with Crippen LogP contribution in [0.2, 0.25) is 0 Å². The Bertz CT molecular complexity index is 846. The zero-order valence-corrected chi connectivity index (χ0v) is 15.1. The number of nitrogens with zero attached hydrogens (tertiary/aromatic N) is 1. The summed E-state index contributed by atoms with van der Waals surface area (Å²) in [5.74, 6) is 6.98. The van der Waals surface area contributed by atoms with E-state index in [-0.39, 0.29) is 5.82 Å². The summed E-state index contributed by atoms with van der Waals surface area (Å²) in [5, 5.41) is 2.33. The molecule has 25 heavy (non-hydrogen) atoms. The molecule has 0 radical (unpaired) electrons. The molecule has 0 saturated heterocycles. The monoisotopic (exact) mass is 349 g/mol. The Labute approximate surface area is 154 Å². The minimum atomic E-state index is -0.231. The van der Waals surface area contributed by atoms with Crippen LogP contribution in [0.5, 0.6) is 0 Å². The normalized spacial score (nSPS) is 19.4. The lowest BCUT2D eigenvalue weighted by atomic mass is 9.79. The van der Waals surface area contributed by atoms with Gasteiger partial charge in [-0.2, -0.15) is 4.99 Å². The lowest BCUT2D eigenvalue weighted by molar-refractivity contribution is 0.347. The highest BCUT2D eigenvalue weighted by atomic mass is 32.1. The van der Waals surface area contributed by atoms with E-state index in [2.05, 4.69) is 41.1 Å². The molecule has 1 aliphatic carbocycles. The van der Waals surface area contributed by atoms with E-state index in [4.69, 9.17) is 0 Å². The number of thiocarbonyl (C=S) groups is 1. The number of aliphatic imine (C=N–C) groups is 1. The predicted molar refractivity (Wildman–Crippen MR) is 104 cm³/mol. The largest absolute Gasteiger partial charge is 0.206 e. The Kier molecular flexibility index (Phi) is 5.76. The third-order valence-corrected chi connectivity index (χ3v) is 4.96. The highest BCUT2D eigenvalue weighted by Crippen LogP contribution is 2.35. The smallest absolute Gasteiger partial charge is 0.139 e. The summed E-state index contributed by atoms with van der Waals surface area (Å²) in [7, 11) is 0. The summed E-state index contributed by atoms with van der Waals surface area (Å²) in [6.07, 6.45) is 4.78. The van der Waals surface area contributed by atoms with E-state index >= 15 is 0 Å². The number of hydrogen-bond acceptors (Lipinski definition) is 2. The SMILES string of the molecule is CC1CCC(c2ccc(C#Cc3ccc(N=C=S)cc3)c(F)c2)CC1. The van der Waals surface area contributed by atoms with Crippen LogP contribution in [-0.4, -0.2) is 5.16 Å². The van der Waals surface area contributed by atoms with Crippen molar-refractivity contribution in [2.75, 3.05) is 0 Å². The minimum Gasteiger partial charge on any atom is -0.206 e. The first-order valence-corrected chi connectivity index (χ1v) is 9.06. The second kappa shape index (κ2) is 8.21. The summed E-state index contributed by atoms with van der Waals surface area (Å²) in [4.78, 5) is 3.90. The van der Waals surface area contributed by atoms with Crippen molar-refractivity contribution in [3.8, 4) is 11.8 Å². The minimum absolute atomic E-state index is 0.231. The average Bonchev–Trinajstić information content (AvgIpc) is 2.63. The Hall–Kier alpha value is -2.27. The molecule has 0 bridgehead atoms. The molecule has 126 valence electrons. The van der Waals surface area contributed by atoms with Gasteiger partial charge in [-0.1, -0.05) is 37.7 Å². The van der Waals surface area contributed by atoms with Crippen LogP contribution < -0.4 is 0 Å². The first kappa shape index (κ1) is 17.5. The van der Waals surface area contributed by atoms with E-state index in [1.807, 2.05) is 30.3 Å². The molecule has 1 aliphatic rings. The van der Waals surface area contributed by atoms with E-state index in [9.17, 15) is 4.39 Å². The maximum Gasteiger partial charge on any atom is 0.139 e. The highest BCUT2D eigenvalue weighted by molar-refractivity contribution is 7.78. The molecular formula is C22H20FNS. The quantitative estimate of drug-likeness (QED) is 0.354. The zero-order valence-electron chi connectivity index (χ0n) is 14.3. The summed E-state index contributed by atoms with van der Waals surface area (Å²) in [6.45, 7) is 2.30. The fourth-order valence-electron chi connectivity index (χ4n) is 3.29. The molecule has 3 rings (SSSR count). The Balaban J connectivity index is 1.74. The molecule has 0 heterocycles. The van der Waals surface area contributed by atoms with Gasteiger partial charge in [-0.3, -0.25) is 0 Å². The molecule has 1 fully saturated rings. The van der Waals surface area contributed by atoms with Gasteiger partial charge in [0.1, 0.15) is 5.82 Å². The van der Waals surface area contributed by atoms with Crippen molar-refractivity contribution < 1.29 is 4.39 Å². The van der Waals surface area contributed by atoms with Crippen LogP contribution in [0.25, 0.3) is 0 Å². The van der Waals surface area contributed by atoms with Crippen molar-refractivity contribution in [2.45, 2.75) is 38.5 Å². The zero-order chi connectivity index (χ0) is 17.6. The maximum absolute atomic E-state index is 14.4. The molecule has 1 saturated carbocycles. The van der Waals surface area contributed by atoms with Crippen molar-refractivity contribution >= 4 is 23.1 Å². The third-order valence-electron chi connectivity index (χ3n) is 4.86. The molecule has 0 aromatic heterocycles. The molecule has 0 N–H and O–H groups in total. The molecule has 0 aliphatic heterocycles. The maximum atomic E-state index is 14.4. The van der Waals surface area contributed by atoms with Gasteiger partial charge in [0, 0.05) is 5.56 Å². The van der Waals surface area contributed by atoms with Gasteiger partial charge in [-0.25, -0.2) is 4.39 Å². The third kappa shape index (κ3) is 4.63. The topological polar surface area (TPSA) is 12.4 Å². The first-order valence-electron chi connectivity index (χ1n) is 8.65. The lowest BCUT2D eigenvalue weighted by Crippen LogP contribution is -2.11. The lowest BCUT2D eigenvalue weighted by Gasteiger charge is -2.26. The summed E-state index contributed by atoms with van der Waals surface area (Å²) < 4.78 is 14.4. The van der Waals surface area contributed by atoms with Gasteiger partial charge in [0.15, 0.2) is 0 Å². The molecule has 2 aromatic rings. The number of isothiocyanates is 1. The molecule has 0 atom stereocenters. The average molecular weight is 349 g/mol. The van der Waals surface area contributed by atoms with Crippen molar-refractivity contribution in [3.63, 3.8) is 0 Å². The standard InChI is InChI=1S/C22H20FNS/c1-16-2-7-18(8-3-16)20-11-10-19(22(23)14-20)9-4-17-5-12-21(13-6-17)24-15-25/h5-6,10-14,16,18H,2-3,7-8H2,1H3. The second-order valence-corrected chi connectivity index (χ2v) is 6.88. The highest BCUT2D eigenvalue weighted by Gasteiger charge is 2.20. The number of rotatable bonds is 2. The van der Waals surface area contributed by atoms with Gasteiger partial charge < -0.3 is 0 Å². The molecule has 0 unspecified atom stereocenters. The van der Waals surface area contributed by atoms with Gasteiger partial charge in [0.2, 0.25) is 0 Å². The van der Waals surface area contributed by atoms with Crippen molar-refractivity contribution in [1.82, 2.24) is 0 Å². The molecule has 2 aromatic carbocycles. The Morgan fingerprint density at radius 3 is 2.36 bits per heavy atom. The summed E-state index contributed by atoms with van der Waals surface area (Å²) >= 11 is 4.57. The van der Waals surface area contributed by atoms with Crippen molar-refractivity contribution in [2.24, 2.45) is 10.9 Å². The van der Waals surface area contributed by atoms with E-state index < -0.39 is 0 Å². The molecule has 0 amide bonds. The van der Waals surface area contributed by atoms with E-state index in [1.54, 1.807) is 12.1 Å². The van der Waals surface area contributed by atoms with Crippen LogP contribution in [-0.2, 0) is 0 Å². The van der Waals surface area contributed by atoms with Crippen LogP contribution in [0, 0.1) is 23.6 Å². The Morgan fingerprint density at radius 1 is 1.00 bits per heavy atom. The van der Waals surface area contributed by atoms with Gasteiger partial charge >= 0.3 is 0 Å². The van der Waals surface area contributed by atoms with Crippen LogP contribution >= 0.6 is 12.2 Å². The summed E-state index contributed by atoms with van der Waals surface area (Å²) in [6, 6.07) is 12.8. The number of benzene rings is 2. The fraction of sp³-hybridized carbons (Fsp3) is 0.318. The predicted octanol–water partition coefficient (Wildman–Crippen LogP) is 6.25. The number of hydrogen-bond donors (Lipinski definition) is 0. The van der Waals surface area contributed by atoms with Crippen LogP contribution in [0.15, 0.2) is 47.5 Å². The van der Waals surface area contributed by atoms with E-state index in [0.717, 1.165) is 35.6 Å². The van der Waals surface area contributed by atoms with Gasteiger partial charge in [0.25, 0.3) is 0 Å². The molecule has 0 spiro atoms. The van der Waals surface area contributed by atoms with E-state index in [0.29, 0.717) is 11.5 Å². The van der Waals surface area contributed by atoms with Gasteiger partial charge in [0.05, 0.1) is 16.4 Å². The van der Waals surface area contributed by atoms with Gasteiger partial charge in [-0.05, 0) is 78.9 Å². The number of halogens is 1.